The zero-order chi connectivity index (χ0) is 15.0. The molecule has 0 aromatic rings. The third-order valence-electron chi connectivity index (χ3n) is 4.90. The van der Waals surface area contributed by atoms with Gasteiger partial charge >= 0.3 is 0 Å². The molecular weight excluding hydrogens is 244 g/mol. The fourth-order valence-corrected chi connectivity index (χ4v) is 3.98. The van der Waals surface area contributed by atoms with Gasteiger partial charge in [-0.2, -0.15) is 0 Å². The topological polar surface area (TPSA) is 15.3 Å². The average molecular weight is 283 g/mol. The van der Waals surface area contributed by atoms with Gasteiger partial charge in [0.05, 0.1) is 0 Å². The molecule has 2 unspecified atom stereocenters. The van der Waals surface area contributed by atoms with Crippen LogP contribution in [0.25, 0.3) is 0 Å². The predicted molar refractivity (Wildman–Crippen MR) is 90.2 cm³/mol. The molecule has 2 heteroatoms. The van der Waals surface area contributed by atoms with E-state index in [-0.39, 0.29) is 0 Å². The maximum atomic E-state index is 3.87. The molecule has 1 aliphatic carbocycles. The van der Waals surface area contributed by atoms with Crippen molar-refractivity contribution in [1.29, 1.82) is 0 Å². The lowest BCUT2D eigenvalue weighted by atomic mass is 9.67. The highest BCUT2D eigenvalue weighted by molar-refractivity contribution is 4.94. The summed E-state index contributed by atoms with van der Waals surface area (Å²) in [5.74, 6) is 0.836. The SMILES string of the molecule is CCCNC1C(CN(CCC)CCC)CCCC1(C)C. The Hall–Kier alpha value is -0.0800. The molecule has 0 radical (unpaired) electrons. The van der Waals surface area contributed by atoms with Crippen molar-refractivity contribution < 1.29 is 0 Å². The molecule has 0 spiro atoms. The molecule has 0 amide bonds. The van der Waals surface area contributed by atoms with E-state index in [1.807, 2.05) is 0 Å². The molecule has 1 aliphatic rings. The quantitative estimate of drug-likeness (QED) is 0.678. The Morgan fingerprint density at radius 1 is 1.05 bits per heavy atom. The average Bonchev–Trinajstić information content (AvgIpc) is 2.38. The summed E-state index contributed by atoms with van der Waals surface area (Å²) >= 11 is 0. The van der Waals surface area contributed by atoms with Crippen molar-refractivity contribution in [2.75, 3.05) is 26.2 Å². The fraction of sp³-hybridized carbons (Fsp3) is 1.00. The molecule has 0 heterocycles. The Kier molecular flexibility index (Phi) is 8.13. The van der Waals surface area contributed by atoms with E-state index < -0.39 is 0 Å². The van der Waals surface area contributed by atoms with Crippen molar-refractivity contribution in [1.82, 2.24) is 10.2 Å². The summed E-state index contributed by atoms with van der Waals surface area (Å²) in [4.78, 5) is 2.70. The largest absolute Gasteiger partial charge is 0.313 e. The normalized spacial score (nSPS) is 26.1. The minimum atomic E-state index is 0.461. The third kappa shape index (κ3) is 5.37. The lowest BCUT2D eigenvalue weighted by molar-refractivity contribution is 0.0786. The number of hydrogen-bond donors (Lipinski definition) is 1. The highest BCUT2D eigenvalue weighted by Gasteiger charge is 2.38. The molecule has 120 valence electrons. The fourth-order valence-electron chi connectivity index (χ4n) is 3.98. The lowest BCUT2D eigenvalue weighted by Gasteiger charge is -2.46. The molecule has 0 aromatic carbocycles. The van der Waals surface area contributed by atoms with Crippen molar-refractivity contribution in [2.24, 2.45) is 11.3 Å². The van der Waals surface area contributed by atoms with Crippen LogP contribution in [0.1, 0.15) is 73.1 Å². The second kappa shape index (κ2) is 9.04. The Bertz CT molecular complexity index is 244. The van der Waals surface area contributed by atoms with Crippen LogP contribution >= 0.6 is 0 Å². The third-order valence-corrected chi connectivity index (χ3v) is 4.90. The highest BCUT2D eigenvalue weighted by Crippen LogP contribution is 2.39. The van der Waals surface area contributed by atoms with Gasteiger partial charge in [0.25, 0.3) is 0 Å². The van der Waals surface area contributed by atoms with Crippen LogP contribution in [0.2, 0.25) is 0 Å². The van der Waals surface area contributed by atoms with E-state index in [4.69, 9.17) is 0 Å². The summed E-state index contributed by atoms with van der Waals surface area (Å²) in [7, 11) is 0. The molecule has 20 heavy (non-hydrogen) atoms. The van der Waals surface area contributed by atoms with Gasteiger partial charge in [0.15, 0.2) is 0 Å². The van der Waals surface area contributed by atoms with E-state index in [1.54, 1.807) is 0 Å². The van der Waals surface area contributed by atoms with Crippen LogP contribution in [0.5, 0.6) is 0 Å². The van der Waals surface area contributed by atoms with Gasteiger partial charge in [-0.05, 0) is 63.1 Å². The maximum Gasteiger partial charge on any atom is 0.0159 e. The first-order chi connectivity index (χ1) is 9.55. The molecule has 2 atom stereocenters. The van der Waals surface area contributed by atoms with E-state index in [0.717, 1.165) is 5.92 Å². The van der Waals surface area contributed by atoms with Gasteiger partial charge in [-0.1, -0.05) is 41.0 Å². The highest BCUT2D eigenvalue weighted by atomic mass is 15.1. The molecule has 0 aliphatic heterocycles. The van der Waals surface area contributed by atoms with E-state index in [0.29, 0.717) is 11.5 Å². The molecule has 0 saturated heterocycles. The van der Waals surface area contributed by atoms with E-state index in [9.17, 15) is 0 Å². The molecule has 0 aromatic heterocycles. The van der Waals surface area contributed by atoms with Crippen LogP contribution in [0, 0.1) is 11.3 Å². The van der Waals surface area contributed by atoms with Crippen LogP contribution in [0.4, 0.5) is 0 Å². The molecule has 1 fully saturated rings. The summed E-state index contributed by atoms with van der Waals surface area (Å²) in [6.45, 7) is 16.8. The van der Waals surface area contributed by atoms with Crippen LogP contribution in [-0.4, -0.2) is 37.1 Å². The van der Waals surface area contributed by atoms with E-state index in [1.165, 1.54) is 64.7 Å². The van der Waals surface area contributed by atoms with Gasteiger partial charge in [0, 0.05) is 12.6 Å². The number of nitrogens with one attached hydrogen (secondary N) is 1. The van der Waals surface area contributed by atoms with Crippen molar-refractivity contribution in [3.63, 3.8) is 0 Å². The van der Waals surface area contributed by atoms with E-state index in [2.05, 4.69) is 44.8 Å². The summed E-state index contributed by atoms with van der Waals surface area (Å²) in [5, 5.41) is 3.87. The van der Waals surface area contributed by atoms with Gasteiger partial charge in [0.2, 0.25) is 0 Å². The van der Waals surface area contributed by atoms with Gasteiger partial charge in [-0.3, -0.25) is 0 Å². The van der Waals surface area contributed by atoms with Crippen molar-refractivity contribution in [3.05, 3.63) is 0 Å². The second-order valence-corrected chi connectivity index (χ2v) is 7.37. The Morgan fingerprint density at radius 2 is 1.70 bits per heavy atom. The van der Waals surface area contributed by atoms with Crippen molar-refractivity contribution in [2.45, 2.75) is 79.2 Å². The maximum absolute atomic E-state index is 3.87. The van der Waals surface area contributed by atoms with Crippen LogP contribution in [0.15, 0.2) is 0 Å². The van der Waals surface area contributed by atoms with Crippen LogP contribution in [-0.2, 0) is 0 Å². The van der Waals surface area contributed by atoms with Gasteiger partial charge in [-0.25, -0.2) is 0 Å². The first kappa shape index (κ1) is 18.0. The molecular formula is C18H38N2. The number of rotatable bonds is 9. The molecule has 1 rings (SSSR count). The minimum absolute atomic E-state index is 0.461. The molecule has 1 N–H and O–H groups in total. The molecule has 0 bridgehead atoms. The number of nitrogens with zero attached hydrogens (tertiary/aromatic N) is 1. The molecule has 2 nitrogen and oxygen atoms in total. The summed E-state index contributed by atoms with van der Waals surface area (Å²) in [6, 6.07) is 0.701. The van der Waals surface area contributed by atoms with Gasteiger partial charge < -0.3 is 10.2 Å². The van der Waals surface area contributed by atoms with Crippen LogP contribution in [0.3, 0.4) is 0 Å². The zero-order valence-electron chi connectivity index (χ0n) is 14.7. The number of hydrogen-bond acceptors (Lipinski definition) is 2. The van der Waals surface area contributed by atoms with E-state index >= 15 is 0 Å². The Morgan fingerprint density at radius 3 is 2.25 bits per heavy atom. The van der Waals surface area contributed by atoms with Gasteiger partial charge in [0.1, 0.15) is 0 Å². The van der Waals surface area contributed by atoms with Crippen molar-refractivity contribution in [3.8, 4) is 0 Å². The standard InChI is InChI=1S/C18H38N2/c1-6-12-19-17-16(10-9-11-18(17,4)5)15-20(13-7-2)14-8-3/h16-17,19H,6-15H2,1-5H3. The predicted octanol–water partition coefficient (Wildman–Crippen LogP) is 4.30. The first-order valence-electron chi connectivity index (χ1n) is 9.00. The summed E-state index contributed by atoms with van der Waals surface area (Å²) < 4.78 is 0. The first-order valence-corrected chi connectivity index (χ1v) is 9.00. The minimum Gasteiger partial charge on any atom is -0.313 e. The lowest BCUT2D eigenvalue weighted by Crippen LogP contribution is -2.53. The smallest absolute Gasteiger partial charge is 0.0159 e. The summed E-state index contributed by atoms with van der Waals surface area (Å²) in [5.41, 5.74) is 0.461. The second-order valence-electron chi connectivity index (χ2n) is 7.37. The molecule has 1 saturated carbocycles. The summed E-state index contributed by atoms with van der Waals surface area (Å²) in [6.07, 6.45) is 8.01. The van der Waals surface area contributed by atoms with Gasteiger partial charge in [-0.15, -0.1) is 0 Å². The van der Waals surface area contributed by atoms with Crippen molar-refractivity contribution >= 4 is 0 Å². The Labute approximate surface area is 127 Å². The monoisotopic (exact) mass is 282 g/mol. The van der Waals surface area contributed by atoms with Crippen LogP contribution < -0.4 is 5.32 Å². The zero-order valence-corrected chi connectivity index (χ0v) is 14.7. The Balaban J connectivity index is 2.66.